The largest absolute Gasteiger partial charge is 0.396 e. The van der Waals surface area contributed by atoms with Gasteiger partial charge >= 0.3 is 0 Å². The molecule has 1 aromatic carbocycles. The zero-order chi connectivity index (χ0) is 17.4. The third-order valence-corrected chi connectivity index (χ3v) is 6.03. The number of hydrogen-bond donors (Lipinski definition) is 1. The van der Waals surface area contributed by atoms with E-state index < -0.39 is 0 Å². The number of aliphatic hydroxyl groups excluding tert-OH is 1. The highest BCUT2D eigenvalue weighted by atomic mass is 16.3. The quantitative estimate of drug-likeness (QED) is 0.898. The van der Waals surface area contributed by atoms with Crippen molar-refractivity contribution in [1.82, 2.24) is 19.8 Å². The lowest BCUT2D eigenvalue weighted by Gasteiger charge is -2.53. The molecule has 1 N–H and O–H groups in total. The van der Waals surface area contributed by atoms with Crippen LogP contribution in [-0.2, 0) is 0 Å². The second kappa shape index (κ2) is 6.35. The van der Waals surface area contributed by atoms with Crippen molar-refractivity contribution in [1.29, 1.82) is 0 Å². The van der Waals surface area contributed by atoms with Gasteiger partial charge in [0.25, 0.3) is 5.91 Å². The van der Waals surface area contributed by atoms with E-state index in [1.165, 1.54) is 0 Å². The van der Waals surface area contributed by atoms with Crippen LogP contribution in [-0.4, -0.2) is 70.1 Å². The second-order valence-electron chi connectivity index (χ2n) is 7.35. The van der Waals surface area contributed by atoms with Gasteiger partial charge in [-0.2, -0.15) is 0 Å². The van der Waals surface area contributed by atoms with E-state index in [4.69, 9.17) is 0 Å². The standard InChI is InChI=1S/C19H24N4O2/c1-22-10-3-6-19(13-24)7-11-23(12-16(19)22)18(25)14-4-2-5-15-17(14)21-9-8-20-15/h2,4-5,8-9,16,24H,3,6-7,10-13H2,1H3/t16-,19-/m1/s1. The SMILES string of the molecule is CN1CCC[C@]2(CO)CCN(C(=O)c3cccc4nccnc34)C[C@@H]12. The van der Waals surface area contributed by atoms with Gasteiger partial charge in [-0.15, -0.1) is 0 Å². The minimum Gasteiger partial charge on any atom is -0.396 e. The molecule has 4 rings (SSSR count). The molecule has 3 heterocycles. The van der Waals surface area contributed by atoms with Crippen LogP contribution in [0, 0.1) is 5.41 Å². The maximum atomic E-state index is 13.2. The molecule has 0 unspecified atom stereocenters. The van der Waals surface area contributed by atoms with E-state index >= 15 is 0 Å². The van der Waals surface area contributed by atoms with Gasteiger partial charge in [-0.3, -0.25) is 14.8 Å². The van der Waals surface area contributed by atoms with E-state index in [2.05, 4.69) is 21.9 Å². The van der Waals surface area contributed by atoms with Crippen LogP contribution in [0.25, 0.3) is 11.0 Å². The van der Waals surface area contributed by atoms with Crippen molar-refractivity contribution in [3.05, 3.63) is 36.2 Å². The molecule has 0 aliphatic carbocycles. The van der Waals surface area contributed by atoms with Crippen molar-refractivity contribution >= 4 is 16.9 Å². The molecule has 25 heavy (non-hydrogen) atoms. The van der Waals surface area contributed by atoms with Crippen LogP contribution in [0.2, 0.25) is 0 Å². The van der Waals surface area contributed by atoms with Gasteiger partial charge in [0, 0.05) is 36.9 Å². The Morgan fingerprint density at radius 3 is 2.96 bits per heavy atom. The number of aliphatic hydroxyl groups is 1. The monoisotopic (exact) mass is 340 g/mol. The molecule has 6 nitrogen and oxygen atoms in total. The van der Waals surface area contributed by atoms with E-state index in [0.717, 1.165) is 31.3 Å². The molecule has 2 aliphatic heterocycles. The number of nitrogens with zero attached hydrogens (tertiary/aromatic N) is 4. The normalized spacial score (nSPS) is 27.3. The summed E-state index contributed by atoms with van der Waals surface area (Å²) in [6.45, 7) is 2.56. The molecular formula is C19H24N4O2. The molecule has 6 heteroatoms. The van der Waals surface area contributed by atoms with E-state index in [1.807, 2.05) is 23.1 Å². The van der Waals surface area contributed by atoms with Gasteiger partial charge in [-0.05, 0) is 45.0 Å². The van der Waals surface area contributed by atoms with Gasteiger partial charge in [0.1, 0.15) is 5.52 Å². The molecule has 2 fully saturated rings. The van der Waals surface area contributed by atoms with Gasteiger partial charge in [0.15, 0.2) is 0 Å². The molecule has 132 valence electrons. The number of hydrogen-bond acceptors (Lipinski definition) is 5. The highest BCUT2D eigenvalue weighted by molar-refractivity contribution is 6.04. The van der Waals surface area contributed by atoms with Crippen LogP contribution in [0.4, 0.5) is 0 Å². The second-order valence-corrected chi connectivity index (χ2v) is 7.35. The van der Waals surface area contributed by atoms with E-state index in [1.54, 1.807) is 12.4 Å². The molecule has 2 atom stereocenters. The summed E-state index contributed by atoms with van der Waals surface area (Å²) in [6.07, 6.45) is 6.27. The number of aromatic nitrogens is 2. The van der Waals surface area contributed by atoms with Crippen LogP contribution < -0.4 is 0 Å². The summed E-state index contributed by atoms with van der Waals surface area (Å²) in [5, 5.41) is 10.0. The summed E-state index contributed by atoms with van der Waals surface area (Å²) in [5.41, 5.74) is 1.94. The maximum Gasteiger partial charge on any atom is 0.256 e. The summed E-state index contributed by atoms with van der Waals surface area (Å²) in [5.74, 6) is 0.0108. The Hall–Kier alpha value is -2.05. The molecule has 1 amide bonds. The summed E-state index contributed by atoms with van der Waals surface area (Å²) in [4.78, 5) is 26.1. The fraction of sp³-hybridized carbons (Fsp3) is 0.526. The number of fused-ring (bicyclic) bond motifs is 2. The molecule has 0 saturated carbocycles. The molecule has 2 saturated heterocycles. The van der Waals surface area contributed by atoms with Crippen LogP contribution in [0.1, 0.15) is 29.6 Å². The zero-order valence-corrected chi connectivity index (χ0v) is 14.6. The molecule has 2 aromatic rings. The first-order chi connectivity index (χ1) is 12.1. The zero-order valence-electron chi connectivity index (χ0n) is 14.6. The van der Waals surface area contributed by atoms with Gasteiger partial charge in [-0.1, -0.05) is 6.07 Å². The average molecular weight is 340 g/mol. The highest BCUT2D eigenvalue weighted by Gasteiger charge is 2.47. The predicted octanol–water partition coefficient (Wildman–Crippen LogP) is 1.55. The number of likely N-dealkylation sites (tertiary alicyclic amines) is 2. The Morgan fingerprint density at radius 2 is 2.12 bits per heavy atom. The van der Waals surface area contributed by atoms with Crippen LogP contribution >= 0.6 is 0 Å². The topological polar surface area (TPSA) is 69.6 Å². The van der Waals surface area contributed by atoms with Gasteiger partial charge in [0.2, 0.25) is 0 Å². The number of piperidine rings is 2. The Balaban J connectivity index is 1.63. The molecule has 0 spiro atoms. The van der Waals surface area contributed by atoms with Crippen molar-refractivity contribution in [3.63, 3.8) is 0 Å². The highest BCUT2D eigenvalue weighted by Crippen LogP contribution is 2.41. The third-order valence-electron chi connectivity index (χ3n) is 6.03. The van der Waals surface area contributed by atoms with Crippen molar-refractivity contribution in [3.8, 4) is 0 Å². The van der Waals surface area contributed by atoms with Crippen LogP contribution in [0.3, 0.4) is 0 Å². The summed E-state index contributed by atoms with van der Waals surface area (Å²) in [7, 11) is 2.10. The number of rotatable bonds is 2. The number of para-hydroxylation sites is 1. The van der Waals surface area contributed by atoms with Gasteiger partial charge < -0.3 is 14.9 Å². The number of benzene rings is 1. The van der Waals surface area contributed by atoms with E-state index in [-0.39, 0.29) is 24.0 Å². The fourth-order valence-electron chi connectivity index (χ4n) is 4.54. The molecule has 2 aliphatic rings. The summed E-state index contributed by atoms with van der Waals surface area (Å²) >= 11 is 0. The fourth-order valence-corrected chi connectivity index (χ4v) is 4.54. The summed E-state index contributed by atoms with van der Waals surface area (Å²) < 4.78 is 0. The third kappa shape index (κ3) is 2.69. The van der Waals surface area contributed by atoms with Gasteiger partial charge in [0.05, 0.1) is 17.7 Å². The van der Waals surface area contributed by atoms with Crippen molar-refractivity contribution in [2.75, 3.05) is 33.3 Å². The van der Waals surface area contributed by atoms with Crippen LogP contribution in [0.5, 0.6) is 0 Å². The Bertz CT molecular complexity index is 791. The Kier molecular flexibility index (Phi) is 4.17. The van der Waals surface area contributed by atoms with E-state index in [0.29, 0.717) is 24.2 Å². The minimum atomic E-state index is -0.0671. The number of amides is 1. The first-order valence-corrected chi connectivity index (χ1v) is 8.95. The van der Waals surface area contributed by atoms with Crippen LogP contribution in [0.15, 0.2) is 30.6 Å². The molecular weight excluding hydrogens is 316 g/mol. The predicted molar refractivity (Wildman–Crippen MR) is 95.2 cm³/mol. The number of carbonyl (C=O) groups is 1. The molecule has 1 aromatic heterocycles. The maximum absolute atomic E-state index is 13.2. The molecule has 0 radical (unpaired) electrons. The molecule has 0 bridgehead atoms. The number of likely N-dealkylation sites (N-methyl/N-ethyl adjacent to an activating group) is 1. The minimum absolute atomic E-state index is 0.0108. The lowest BCUT2D eigenvalue weighted by Crippen LogP contribution is -2.62. The van der Waals surface area contributed by atoms with Crippen molar-refractivity contribution in [2.24, 2.45) is 5.41 Å². The summed E-state index contributed by atoms with van der Waals surface area (Å²) in [6, 6.07) is 5.78. The first kappa shape index (κ1) is 16.4. The average Bonchev–Trinajstić information content (AvgIpc) is 2.67. The lowest BCUT2D eigenvalue weighted by molar-refractivity contribution is -0.0601. The Morgan fingerprint density at radius 1 is 1.28 bits per heavy atom. The first-order valence-electron chi connectivity index (χ1n) is 8.95. The smallest absolute Gasteiger partial charge is 0.256 e. The lowest BCUT2D eigenvalue weighted by atomic mass is 9.69. The van der Waals surface area contributed by atoms with Crippen molar-refractivity contribution in [2.45, 2.75) is 25.3 Å². The van der Waals surface area contributed by atoms with Gasteiger partial charge in [-0.25, -0.2) is 0 Å². The van der Waals surface area contributed by atoms with Crippen molar-refractivity contribution < 1.29 is 9.90 Å². The van der Waals surface area contributed by atoms with E-state index in [9.17, 15) is 9.90 Å². The Labute approximate surface area is 147 Å². The number of carbonyl (C=O) groups excluding carboxylic acids is 1.